The monoisotopic (exact) mass is 545 g/mol. The fraction of sp³-hybridized carbons (Fsp3) is 0.636. The van der Waals surface area contributed by atoms with Gasteiger partial charge in [-0.15, -0.1) is 0 Å². The Morgan fingerprint density at radius 2 is 1.91 bits per heavy atom. The van der Waals surface area contributed by atoms with Crippen molar-refractivity contribution in [1.82, 2.24) is 9.55 Å². The van der Waals surface area contributed by atoms with Gasteiger partial charge in [0, 0.05) is 11.9 Å². The quantitative estimate of drug-likeness (QED) is 0.203. The molecule has 1 saturated heterocycles. The van der Waals surface area contributed by atoms with E-state index in [1.54, 1.807) is 0 Å². The van der Waals surface area contributed by atoms with Crippen molar-refractivity contribution in [3.8, 4) is 0 Å². The van der Waals surface area contributed by atoms with Crippen LogP contribution in [-0.4, -0.2) is 70.7 Å². The maximum Gasteiger partial charge on any atom is 0.490 e. The third kappa shape index (κ3) is 6.90. The van der Waals surface area contributed by atoms with Crippen molar-refractivity contribution in [2.45, 2.75) is 24.1 Å². The van der Waals surface area contributed by atoms with Crippen LogP contribution in [0.25, 0.3) is 0 Å². The van der Waals surface area contributed by atoms with Gasteiger partial charge in [-0.1, -0.05) is 0 Å². The number of nitrogens with two attached hydrogens (primary N) is 1. The van der Waals surface area contributed by atoms with Crippen molar-refractivity contribution in [3.05, 3.63) is 22.7 Å². The molecule has 1 aromatic rings. The predicted molar refractivity (Wildman–Crippen MR) is 105 cm³/mol. The standard InChI is InChI=1S/C11H19FN3O13P3S/c1-32-5-11(4-25-30(21,22)28-31(23,24)27-29(18,19)20)8(16)7(12)9(26-11)15-3-2-6(13)14-10(15)17/h2-3,7-9,16H,4-5H2,1H3,(H,21,22)(H,23,24)(H2,13,14,17)(H2,18,19,20)/t7-,8-,9+,11-/m0/s1. The van der Waals surface area contributed by atoms with Crippen molar-refractivity contribution in [2.75, 3.05) is 24.3 Å². The Bertz CT molecular complexity index is 1040. The minimum absolute atomic E-state index is 0.164. The Hall–Kier alpha value is -0.710. The zero-order valence-electron chi connectivity index (χ0n) is 15.9. The molecule has 32 heavy (non-hydrogen) atoms. The molecule has 0 radical (unpaired) electrons. The largest absolute Gasteiger partial charge is 0.490 e. The number of ether oxygens (including phenoxy) is 1. The van der Waals surface area contributed by atoms with E-state index in [-0.39, 0.29) is 11.6 Å². The molecule has 1 aromatic heterocycles. The van der Waals surface area contributed by atoms with Gasteiger partial charge in [-0.2, -0.15) is 25.4 Å². The zero-order valence-corrected chi connectivity index (χ0v) is 19.4. The van der Waals surface area contributed by atoms with Crippen molar-refractivity contribution < 1.29 is 60.6 Å². The van der Waals surface area contributed by atoms with Crippen LogP contribution in [0.3, 0.4) is 0 Å². The topological polar surface area (TPSA) is 250 Å². The minimum Gasteiger partial charge on any atom is -0.387 e. The molecule has 1 aliphatic rings. The fourth-order valence-corrected chi connectivity index (χ4v) is 6.56. The number of hydrogen-bond donors (Lipinski definition) is 6. The molecule has 184 valence electrons. The number of aromatic nitrogens is 2. The molecule has 0 amide bonds. The third-order valence-corrected chi connectivity index (χ3v) is 8.43. The van der Waals surface area contributed by atoms with Crippen LogP contribution in [0.5, 0.6) is 0 Å². The van der Waals surface area contributed by atoms with Crippen molar-refractivity contribution in [3.63, 3.8) is 0 Å². The Morgan fingerprint density at radius 3 is 2.44 bits per heavy atom. The Balaban J connectivity index is 2.24. The molecule has 0 saturated carbocycles. The highest BCUT2D eigenvalue weighted by atomic mass is 32.2. The lowest BCUT2D eigenvalue weighted by molar-refractivity contribution is -0.112. The number of hydrogen-bond acceptors (Lipinski definition) is 12. The maximum atomic E-state index is 14.8. The van der Waals surface area contributed by atoms with Gasteiger partial charge in [-0.05, 0) is 12.3 Å². The summed E-state index contributed by atoms with van der Waals surface area (Å²) in [5.74, 6) is -0.430. The Labute approximate surface area is 182 Å². The summed E-state index contributed by atoms with van der Waals surface area (Å²) < 4.78 is 66.7. The first-order valence-corrected chi connectivity index (χ1v) is 14.0. The van der Waals surface area contributed by atoms with Crippen molar-refractivity contribution in [1.29, 1.82) is 0 Å². The molecular weight excluding hydrogens is 526 g/mol. The summed E-state index contributed by atoms with van der Waals surface area (Å²) in [4.78, 5) is 51.3. The summed E-state index contributed by atoms with van der Waals surface area (Å²) in [5.41, 5.74) is 2.28. The van der Waals surface area contributed by atoms with E-state index in [0.717, 1.165) is 24.0 Å². The lowest BCUT2D eigenvalue weighted by atomic mass is 9.99. The normalized spacial score (nSPS) is 30.0. The minimum atomic E-state index is -5.78. The second-order valence-electron chi connectivity index (χ2n) is 6.30. The van der Waals surface area contributed by atoms with Gasteiger partial charge >= 0.3 is 29.2 Å². The molecule has 2 rings (SSSR count). The average Bonchev–Trinajstić information content (AvgIpc) is 2.83. The van der Waals surface area contributed by atoms with Gasteiger partial charge in [0.1, 0.15) is 17.5 Å². The van der Waals surface area contributed by atoms with Crippen LogP contribution in [0, 0.1) is 0 Å². The Kier molecular flexibility index (Phi) is 8.50. The summed E-state index contributed by atoms with van der Waals surface area (Å²) in [5, 5.41) is 10.4. The molecule has 0 spiro atoms. The highest BCUT2D eigenvalue weighted by molar-refractivity contribution is 7.98. The van der Waals surface area contributed by atoms with E-state index >= 15 is 0 Å². The summed E-state index contributed by atoms with van der Waals surface area (Å²) >= 11 is 0.980. The van der Waals surface area contributed by atoms with Gasteiger partial charge in [-0.25, -0.2) is 22.9 Å². The molecule has 21 heteroatoms. The number of rotatable bonds is 10. The number of phosphoric acid groups is 3. The van der Waals surface area contributed by atoms with Gasteiger partial charge in [0.2, 0.25) is 0 Å². The lowest BCUT2D eigenvalue weighted by Crippen LogP contribution is -2.48. The van der Waals surface area contributed by atoms with E-state index in [1.165, 1.54) is 6.26 Å². The van der Waals surface area contributed by atoms with Crippen molar-refractivity contribution >= 4 is 41.0 Å². The number of aliphatic hydroxyl groups is 1. The van der Waals surface area contributed by atoms with Gasteiger partial charge in [0.25, 0.3) is 0 Å². The summed E-state index contributed by atoms with van der Waals surface area (Å²) in [6.45, 7) is -1.12. The summed E-state index contributed by atoms with van der Waals surface area (Å²) in [7, 11) is -17.0. The summed E-state index contributed by atoms with van der Waals surface area (Å²) in [6.07, 6.45) is -3.49. The molecule has 16 nitrogen and oxygen atoms in total. The number of nitrogen functional groups attached to an aromatic ring is 1. The van der Waals surface area contributed by atoms with Crippen molar-refractivity contribution in [2.24, 2.45) is 0 Å². The van der Waals surface area contributed by atoms with Crippen LogP contribution in [-0.2, 0) is 31.6 Å². The van der Waals surface area contributed by atoms with E-state index in [1.807, 2.05) is 0 Å². The summed E-state index contributed by atoms with van der Waals surface area (Å²) in [6, 6.07) is 1.16. The van der Waals surface area contributed by atoms with E-state index in [2.05, 4.69) is 18.1 Å². The van der Waals surface area contributed by atoms with Crippen LogP contribution in [0.2, 0.25) is 0 Å². The van der Waals surface area contributed by atoms with Gasteiger partial charge in [0.15, 0.2) is 12.4 Å². The highest BCUT2D eigenvalue weighted by Gasteiger charge is 2.57. The third-order valence-electron chi connectivity index (χ3n) is 3.87. The molecule has 6 atom stereocenters. The molecular formula is C11H19FN3O13P3S. The van der Waals surface area contributed by atoms with Gasteiger partial charge < -0.3 is 35.2 Å². The second kappa shape index (κ2) is 9.88. The smallest absolute Gasteiger partial charge is 0.387 e. The van der Waals surface area contributed by atoms with E-state index in [0.29, 0.717) is 4.57 Å². The predicted octanol–water partition coefficient (Wildman–Crippen LogP) is -0.502. The van der Waals surface area contributed by atoms with E-state index in [9.17, 15) is 37.8 Å². The first-order valence-electron chi connectivity index (χ1n) is 8.13. The number of alkyl halides is 1. The molecule has 0 aliphatic carbocycles. The van der Waals surface area contributed by atoms with Crippen LogP contribution in [0.15, 0.2) is 17.1 Å². The number of thioether (sulfide) groups is 1. The second-order valence-corrected chi connectivity index (χ2v) is 11.6. The molecule has 2 unspecified atom stereocenters. The fourth-order valence-electron chi connectivity index (χ4n) is 2.67. The van der Waals surface area contributed by atoms with E-state index in [4.69, 9.17) is 20.3 Å². The molecule has 0 aromatic carbocycles. The average molecular weight is 545 g/mol. The molecule has 7 N–H and O–H groups in total. The van der Waals surface area contributed by atoms with Crippen LogP contribution in [0.1, 0.15) is 6.23 Å². The SMILES string of the molecule is CSC[C@]1(COP(=O)(O)OP(=O)(O)OP(=O)(O)O)O[C@@H](n2ccc(N)nc2=O)[C@@H](F)[C@@H]1O. The van der Waals surface area contributed by atoms with Gasteiger partial charge in [-0.3, -0.25) is 9.09 Å². The highest BCUT2D eigenvalue weighted by Crippen LogP contribution is 2.66. The van der Waals surface area contributed by atoms with Crippen LogP contribution in [0.4, 0.5) is 10.2 Å². The first kappa shape index (κ1) is 27.5. The molecule has 1 aliphatic heterocycles. The number of anilines is 1. The lowest BCUT2D eigenvalue weighted by Gasteiger charge is -2.31. The Morgan fingerprint density at radius 1 is 1.28 bits per heavy atom. The number of aliphatic hydroxyl groups excluding tert-OH is 1. The molecule has 0 bridgehead atoms. The maximum absolute atomic E-state index is 14.8. The number of halogens is 1. The molecule has 1 fully saturated rings. The molecule has 2 heterocycles. The van der Waals surface area contributed by atoms with Crippen LogP contribution >= 0.6 is 35.2 Å². The number of phosphoric ester groups is 1. The van der Waals surface area contributed by atoms with Gasteiger partial charge in [0.05, 0.1) is 6.61 Å². The van der Waals surface area contributed by atoms with Crippen LogP contribution < -0.4 is 11.4 Å². The number of nitrogens with zero attached hydrogens (tertiary/aromatic N) is 2. The van der Waals surface area contributed by atoms with E-state index < -0.39 is 59.9 Å². The first-order chi connectivity index (χ1) is 14.5. The zero-order chi connectivity index (χ0) is 24.5.